The van der Waals surface area contributed by atoms with Crippen molar-refractivity contribution in [1.29, 1.82) is 0 Å². The van der Waals surface area contributed by atoms with Gasteiger partial charge < -0.3 is 4.74 Å². The molecule has 1 fully saturated rings. The monoisotopic (exact) mass is 387 g/mol. The number of carbonyl (C=O) groups excluding carboxylic acids is 1. The Kier molecular flexibility index (Phi) is 5.96. The number of hydrogen-bond acceptors (Lipinski definition) is 5. The smallest absolute Gasteiger partial charge is 0.242 e. The fraction of sp³-hybridized carbons (Fsp3) is 0.211. The first-order valence-electron chi connectivity index (χ1n) is 8.04. The molecular weight excluding hydrogens is 370 g/mol. The van der Waals surface area contributed by atoms with Crippen molar-refractivity contribution in [3.05, 3.63) is 64.7 Å². The Bertz CT molecular complexity index is 835. The number of halogens is 1. The predicted octanol–water partition coefficient (Wildman–Crippen LogP) is 4.20. The van der Waals surface area contributed by atoms with Crippen LogP contribution >= 0.6 is 23.4 Å². The van der Waals surface area contributed by atoms with Gasteiger partial charge in [-0.25, -0.2) is 0 Å². The van der Waals surface area contributed by atoms with Gasteiger partial charge in [-0.15, -0.1) is 5.10 Å². The third-order valence-corrected chi connectivity index (χ3v) is 5.17. The largest absolute Gasteiger partial charge is 0.497 e. The van der Waals surface area contributed by atoms with Crippen molar-refractivity contribution < 1.29 is 9.53 Å². The highest BCUT2D eigenvalue weighted by atomic mass is 35.5. The van der Waals surface area contributed by atoms with E-state index in [0.717, 1.165) is 16.9 Å². The van der Waals surface area contributed by atoms with Crippen molar-refractivity contribution in [3.63, 3.8) is 0 Å². The summed E-state index contributed by atoms with van der Waals surface area (Å²) < 4.78 is 5.17. The summed E-state index contributed by atoms with van der Waals surface area (Å²) in [5, 5.41) is 9.48. The third-order valence-electron chi connectivity index (χ3n) is 3.85. The average Bonchev–Trinajstić information content (AvgIpc) is 2.92. The Morgan fingerprint density at radius 1 is 1.19 bits per heavy atom. The fourth-order valence-corrected chi connectivity index (χ4v) is 3.46. The van der Waals surface area contributed by atoms with Crippen LogP contribution in [0.3, 0.4) is 0 Å². The van der Waals surface area contributed by atoms with E-state index in [-0.39, 0.29) is 11.2 Å². The van der Waals surface area contributed by atoms with E-state index in [1.54, 1.807) is 30.4 Å². The minimum Gasteiger partial charge on any atom is -0.497 e. The van der Waals surface area contributed by atoms with Crippen molar-refractivity contribution in [3.8, 4) is 5.75 Å². The molecule has 7 heteroatoms. The van der Waals surface area contributed by atoms with E-state index < -0.39 is 0 Å². The van der Waals surface area contributed by atoms with Gasteiger partial charge >= 0.3 is 0 Å². The quantitative estimate of drug-likeness (QED) is 0.570. The van der Waals surface area contributed by atoms with Gasteiger partial charge in [-0.05, 0) is 42.3 Å². The van der Waals surface area contributed by atoms with Gasteiger partial charge in [0.15, 0.2) is 5.17 Å². The predicted molar refractivity (Wildman–Crippen MR) is 107 cm³/mol. The van der Waals surface area contributed by atoms with Crippen LogP contribution in [0.1, 0.15) is 18.1 Å². The Morgan fingerprint density at radius 3 is 2.54 bits per heavy atom. The van der Waals surface area contributed by atoms with Crippen molar-refractivity contribution in [2.24, 2.45) is 10.2 Å². The maximum absolute atomic E-state index is 12.4. The summed E-state index contributed by atoms with van der Waals surface area (Å²) in [6, 6.07) is 14.9. The second-order valence-corrected chi connectivity index (χ2v) is 7.46. The number of hydrogen-bond donors (Lipinski definition) is 0. The molecule has 5 nitrogen and oxygen atoms in total. The van der Waals surface area contributed by atoms with Crippen molar-refractivity contribution >= 4 is 40.7 Å². The summed E-state index contributed by atoms with van der Waals surface area (Å²) in [6.45, 7) is 2.33. The summed E-state index contributed by atoms with van der Waals surface area (Å²) in [7, 11) is 1.63. The molecule has 134 valence electrons. The number of ether oxygens (including phenoxy) is 1. The number of thioether (sulfide) groups is 1. The number of carbonyl (C=O) groups is 1. The number of nitrogens with zero attached hydrogens (tertiary/aromatic N) is 3. The summed E-state index contributed by atoms with van der Waals surface area (Å²) in [6.07, 6.45) is 1.64. The molecule has 0 N–H and O–H groups in total. The SMILES string of the molecule is COc1ccc(CN2C(=O)[C@@H](C)S/C2=N\N=C/c2ccc(Cl)cc2)cc1. The zero-order valence-corrected chi connectivity index (χ0v) is 16.0. The van der Waals surface area contributed by atoms with Gasteiger partial charge in [0, 0.05) is 5.02 Å². The molecule has 26 heavy (non-hydrogen) atoms. The fourth-order valence-electron chi connectivity index (χ4n) is 2.42. The lowest BCUT2D eigenvalue weighted by atomic mass is 10.2. The van der Waals surface area contributed by atoms with Crippen molar-refractivity contribution in [2.75, 3.05) is 7.11 Å². The number of benzene rings is 2. The highest BCUT2D eigenvalue weighted by Gasteiger charge is 2.35. The van der Waals surface area contributed by atoms with Crippen LogP contribution in [0, 0.1) is 0 Å². The molecule has 2 aromatic rings. The van der Waals surface area contributed by atoms with Crippen molar-refractivity contribution in [2.45, 2.75) is 18.7 Å². The molecule has 0 aromatic heterocycles. The van der Waals surface area contributed by atoms with E-state index >= 15 is 0 Å². The molecule has 1 saturated heterocycles. The van der Waals surface area contributed by atoms with Gasteiger partial charge in [0.2, 0.25) is 5.91 Å². The molecule has 2 aromatic carbocycles. The maximum Gasteiger partial charge on any atom is 0.242 e. The molecule has 0 bridgehead atoms. The van der Waals surface area contributed by atoms with Crippen molar-refractivity contribution in [1.82, 2.24) is 4.90 Å². The molecule has 0 radical (unpaired) electrons. The first-order chi connectivity index (χ1) is 12.6. The highest BCUT2D eigenvalue weighted by Crippen LogP contribution is 2.28. The van der Waals surface area contributed by atoms with E-state index in [0.29, 0.717) is 16.7 Å². The summed E-state index contributed by atoms with van der Waals surface area (Å²) in [5.74, 6) is 0.817. The summed E-state index contributed by atoms with van der Waals surface area (Å²) >= 11 is 7.28. The Labute approximate surface area is 161 Å². The molecular formula is C19H18ClN3O2S. The standard InChI is InChI=1S/C19H18ClN3O2S/c1-13-18(24)23(12-15-5-9-17(25-2)10-6-15)19(26-13)22-21-11-14-3-7-16(20)8-4-14/h3-11,13H,12H2,1-2H3/b21-11-,22-19-/t13-/m1/s1. The lowest BCUT2D eigenvalue weighted by Gasteiger charge is -2.15. The zero-order chi connectivity index (χ0) is 18.5. The molecule has 0 saturated carbocycles. The van der Waals surface area contributed by atoms with Gasteiger partial charge in [0.25, 0.3) is 0 Å². The third kappa shape index (κ3) is 4.45. The first kappa shape index (κ1) is 18.5. The highest BCUT2D eigenvalue weighted by molar-refractivity contribution is 8.15. The molecule has 0 spiro atoms. The van der Waals surface area contributed by atoms with Crippen LogP contribution in [0.25, 0.3) is 0 Å². The first-order valence-corrected chi connectivity index (χ1v) is 9.30. The lowest BCUT2D eigenvalue weighted by Crippen LogP contribution is -2.30. The number of methoxy groups -OCH3 is 1. The zero-order valence-electron chi connectivity index (χ0n) is 14.4. The Balaban J connectivity index is 1.75. The van der Waals surface area contributed by atoms with Gasteiger partial charge in [-0.1, -0.05) is 47.6 Å². The molecule has 0 unspecified atom stereocenters. The van der Waals surface area contributed by atoms with Gasteiger partial charge in [0.1, 0.15) is 5.75 Å². The van der Waals surface area contributed by atoms with E-state index in [1.165, 1.54) is 11.8 Å². The van der Waals surface area contributed by atoms with Crippen LogP contribution in [0.5, 0.6) is 5.75 Å². The normalized spacial score (nSPS) is 18.9. The van der Waals surface area contributed by atoms with E-state index in [1.807, 2.05) is 43.3 Å². The topological polar surface area (TPSA) is 54.3 Å². The number of amides is 1. The molecule has 0 aliphatic carbocycles. The van der Waals surface area contributed by atoms with E-state index in [2.05, 4.69) is 10.2 Å². The van der Waals surface area contributed by atoms with Crippen LogP contribution in [-0.4, -0.2) is 34.5 Å². The molecule has 3 rings (SSSR count). The molecule has 1 aliphatic heterocycles. The lowest BCUT2D eigenvalue weighted by molar-refractivity contribution is -0.126. The maximum atomic E-state index is 12.4. The second-order valence-electron chi connectivity index (χ2n) is 5.71. The number of rotatable bonds is 5. The second kappa shape index (κ2) is 8.38. The van der Waals surface area contributed by atoms with E-state index in [4.69, 9.17) is 16.3 Å². The van der Waals surface area contributed by atoms with E-state index in [9.17, 15) is 4.79 Å². The molecule has 1 atom stereocenters. The molecule has 1 amide bonds. The van der Waals surface area contributed by atoms with Crippen LogP contribution in [0.2, 0.25) is 5.02 Å². The van der Waals surface area contributed by atoms with Gasteiger partial charge in [0.05, 0.1) is 25.1 Å². The minimum absolute atomic E-state index is 0.0336. The van der Waals surface area contributed by atoms with Crippen LogP contribution < -0.4 is 4.74 Å². The molecule has 1 heterocycles. The summed E-state index contributed by atoms with van der Waals surface area (Å²) in [5.41, 5.74) is 1.89. The van der Waals surface area contributed by atoms with Crippen LogP contribution in [0.4, 0.5) is 0 Å². The minimum atomic E-state index is -0.169. The average molecular weight is 388 g/mol. The van der Waals surface area contributed by atoms with Gasteiger partial charge in [-0.2, -0.15) is 5.10 Å². The number of amidine groups is 1. The Hall–Kier alpha value is -2.31. The molecule has 1 aliphatic rings. The Morgan fingerprint density at radius 2 is 1.88 bits per heavy atom. The summed E-state index contributed by atoms with van der Waals surface area (Å²) in [4.78, 5) is 14.1. The van der Waals surface area contributed by atoms with Crippen LogP contribution in [0.15, 0.2) is 58.7 Å². The van der Waals surface area contributed by atoms with Gasteiger partial charge in [-0.3, -0.25) is 9.69 Å². The van der Waals surface area contributed by atoms with Crippen LogP contribution in [-0.2, 0) is 11.3 Å².